The van der Waals surface area contributed by atoms with Crippen LogP contribution in [0.1, 0.15) is 24.6 Å². The number of nitrogens with zero attached hydrogens (tertiary/aromatic N) is 1. The van der Waals surface area contributed by atoms with Crippen LogP contribution in [0.3, 0.4) is 0 Å². The monoisotopic (exact) mass is 162 g/mol. The number of rotatable bonds is 2. The van der Waals surface area contributed by atoms with Crippen molar-refractivity contribution in [2.24, 2.45) is 0 Å². The van der Waals surface area contributed by atoms with Gasteiger partial charge < -0.3 is 5.32 Å². The van der Waals surface area contributed by atoms with Crippen LogP contribution in [0.5, 0.6) is 0 Å². The van der Waals surface area contributed by atoms with Crippen LogP contribution in [-0.2, 0) is 12.8 Å². The average Bonchev–Trinajstić information content (AvgIpc) is 2.51. The number of fused-ring (bicyclic) bond motifs is 1. The molecular weight excluding hydrogens is 148 g/mol. The van der Waals surface area contributed by atoms with E-state index < -0.39 is 0 Å². The van der Waals surface area contributed by atoms with Crippen molar-refractivity contribution in [3.05, 3.63) is 23.5 Å². The van der Waals surface area contributed by atoms with Crippen molar-refractivity contribution < 1.29 is 0 Å². The van der Waals surface area contributed by atoms with Crippen LogP contribution in [0.4, 0.5) is 5.69 Å². The van der Waals surface area contributed by atoms with Crippen LogP contribution in [-0.4, -0.2) is 11.5 Å². The van der Waals surface area contributed by atoms with E-state index in [2.05, 4.69) is 23.3 Å². The van der Waals surface area contributed by atoms with Gasteiger partial charge >= 0.3 is 0 Å². The number of hydrogen-bond donors (Lipinski definition) is 1. The number of nitrogens with one attached hydrogen (secondary N) is 1. The van der Waals surface area contributed by atoms with E-state index in [0.717, 1.165) is 19.4 Å². The Bertz CT molecular complexity index is 281. The molecule has 1 aromatic rings. The van der Waals surface area contributed by atoms with Crippen molar-refractivity contribution in [2.45, 2.75) is 26.2 Å². The highest BCUT2D eigenvalue weighted by Gasteiger charge is 2.09. The van der Waals surface area contributed by atoms with Crippen LogP contribution in [0.2, 0.25) is 0 Å². The molecule has 1 aliphatic heterocycles. The number of hydrogen-bond acceptors (Lipinski definition) is 2. The normalized spacial score (nSPS) is 14.1. The standard InChI is InChI=1S/C10H14N2/c1-2-3-9-6-8-4-5-11-10(8)7-12-9/h6-7,11H,2-5H2,1H3. The van der Waals surface area contributed by atoms with Crippen LogP contribution in [0.15, 0.2) is 12.3 Å². The zero-order valence-corrected chi connectivity index (χ0v) is 7.43. The number of aryl methyl sites for hydroxylation is 1. The number of aromatic nitrogens is 1. The second-order valence-corrected chi connectivity index (χ2v) is 3.26. The summed E-state index contributed by atoms with van der Waals surface area (Å²) >= 11 is 0. The summed E-state index contributed by atoms with van der Waals surface area (Å²) in [5, 5.41) is 3.31. The molecule has 2 heterocycles. The molecule has 0 aromatic carbocycles. The van der Waals surface area contributed by atoms with Crippen molar-refractivity contribution in [1.82, 2.24) is 4.98 Å². The summed E-state index contributed by atoms with van der Waals surface area (Å²) < 4.78 is 0. The minimum Gasteiger partial charge on any atom is -0.383 e. The molecule has 12 heavy (non-hydrogen) atoms. The summed E-state index contributed by atoms with van der Waals surface area (Å²) in [7, 11) is 0. The Morgan fingerprint density at radius 3 is 3.33 bits per heavy atom. The maximum atomic E-state index is 4.38. The Morgan fingerprint density at radius 2 is 2.50 bits per heavy atom. The van der Waals surface area contributed by atoms with Gasteiger partial charge in [-0.1, -0.05) is 13.3 Å². The summed E-state index contributed by atoms with van der Waals surface area (Å²) in [5.41, 5.74) is 3.91. The zero-order chi connectivity index (χ0) is 8.39. The van der Waals surface area contributed by atoms with Gasteiger partial charge in [-0.2, -0.15) is 0 Å². The van der Waals surface area contributed by atoms with Gasteiger partial charge in [0.2, 0.25) is 0 Å². The molecule has 0 unspecified atom stereocenters. The molecule has 0 saturated carbocycles. The summed E-state index contributed by atoms with van der Waals surface area (Å²) in [6.45, 7) is 3.26. The number of anilines is 1. The van der Waals surface area contributed by atoms with Gasteiger partial charge in [0.1, 0.15) is 0 Å². The van der Waals surface area contributed by atoms with E-state index in [1.807, 2.05) is 6.20 Å². The van der Waals surface area contributed by atoms with Gasteiger partial charge in [-0.15, -0.1) is 0 Å². The Labute approximate surface area is 73.0 Å². The van der Waals surface area contributed by atoms with E-state index in [1.54, 1.807) is 0 Å². The summed E-state index contributed by atoms with van der Waals surface area (Å²) in [4.78, 5) is 4.38. The van der Waals surface area contributed by atoms with Gasteiger partial charge in [0.15, 0.2) is 0 Å². The topological polar surface area (TPSA) is 24.9 Å². The van der Waals surface area contributed by atoms with Crippen molar-refractivity contribution in [2.75, 3.05) is 11.9 Å². The molecule has 2 nitrogen and oxygen atoms in total. The van der Waals surface area contributed by atoms with E-state index >= 15 is 0 Å². The van der Waals surface area contributed by atoms with Gasteiger partial charge in [0.05, 0.1) is 11.9 Å². The lowest BCUT2D eigenvalue weighted by molar-refractivity contribution is 0.880. The van der Waals surface area contributed by atoms with Gasteiger partial charge in [-0.25, -0.2) is 0 Å². The molecule has 64 valence electrons. The maximum Gasteiger partial charge on any atom is 0.0560 e. The Balaban J connectivity index is 2.26. The highest BCUT2D eigenvalue weighted by Crippen LogP contribution is 2.21. The molecular formula is C10H14N2. The van der Waals surface area contributed by atoms with Crippen molar-refractivity contribution in [1.29, 1.82) is 0 Å². The minimum absolute atomic E-state index is 1.08. The smallest absolute Gasteiger partial charge is 0.0560 e. The second kappa shape index (κ2) is 3.13. The SMILES string of the molecule is CCCc1cc2c(cn1)NCC2. The third-order valence-electron chi connectivity index (χ3n) is 2.26. The molecule has 1 aliphatic rings. The lowest BCUT2D eigenvalue weighted by atomic mass is 10.1. The molecule has 1 aromatic heterocycles. The Hall–Kier alpha value is -1.05. The van der Waals surface area contributed by atoms with Crippen LogP contribution in [0, 0.1) is 0 Å². The Kier molecular flexibility index (Phi) is 1.98. The molecule has 1 N–H and O–H groups in total. The van der Waals surface area contributed by atoms with E-state index in [0.29, 0.717) is 0 Å². The lowest BCUT2D eigenvalue weighted by Gasteiger charge is -2.01. The van der Waals surface area contributed by atoms with Crippen LogP contribution >= 0.6 is 0 Å². The van der Waals surface area contributed by atoms with Crippen LogP contribution < -0.4 is 5.32 Å². The van der Waals surface area contributed by atoms with E-state index in [-0.39, 0.29) is 0 Å². The molecule has 2 heteroatoms. The molecule has 0 amide bonds. The minimum atomic E-state index is 1.08. The predicted molar refractivity (Wildman–Crippen MR) is 50.4 cm³/mol. The highest BCUT2D eigenvalue weighted by atomic mass is 14.9. The van der Waals surface area contributed by atoms with Crippen molar-refractivity contribution >= 4 is 5.69 Å². The number of pyridine rings is 1. The predicted octanol–water partition coefficient (Wildman–Crippen LogP) is 2.00. The molecule has 0 radical (unpaired) electrons. The molecule has 0 aliphatic carbocycles. The second-order valence-electron chi connectivity index (χ2n) is 3.26. The third-order valence-corrected chi connectivity index (χ3v) is 2.26. The van der Waals surface area contributed by atoms with Gasteiger partial charge in [0.25, 0.3) is 0 Å². The average molecular weight is 162 g/mol. The largest absolute Gasteiger partial charge is 0.383 e. The first-order valence-corrected chi connectivity index (χ1v) is 4.62. The fourth-order valence-corrected chi connectivity index (χ4v) is 1.64. The van der Waals surface area contributed by atoms with Crippen LogP contribution in [0.25, 0.3) is 0 Å². The summed E-state index contributed by atoms with van der Waals surface area (Å²) in [6, 6.07) is 2.23. The maximum absolute atomic E-state index is 4.38. The molecule has 0 saturated heterocycles. The quantitative estimate of drug-likeness (QED) is 0.719. The molecule has 0 spiro atoms. The van der Waals surface area contributed by atoms with E-state index in [9.17, 15) is 0 Å². The Morgan fingerprint density at radius 1 is 1.58 bits per heavy atom. The van der Waals surface area contributed by atoms with Crippen molar-refractivity contribution in [3.8, 4) is 0 Å². The summed E-state index contributed by atoms with van der Waals surface area (Å²) in [5.74, 6) is 0. The molecule has 0 fully saturated rings. The van der Waals surface area contributed by atoms with Gasteiger partial charge in [-0.05, 0) is 24.5 Å². The third kappa shape index (κ3) is 1.29. The first-order valence-electron chi connectivity index (χ1n) is 4.62. The molecule has 0 bridgehead atoms. The molecule has 0 atom stereocenters. The van der Waals surface area contributed by atoms with Gasteiger partial charge in [-0.3, -0.25) is 4.98 Å². The highest BCUT2D eigenvalue weighted by molar-refractivity contribution is 5.54. The fourth-order valence-electron chi connectivity index (χ4n) is 1.64. The van der Waals surface area contributed by atoms with Crippen molar-refractivity contribution in [3.63, 3.8) is 0 Å². The molecule has 2 rings (SSSR count). The van der Waals surface area contributed by atoms with E-state index in [4.69, 9.17) is 0 Å². The first-order chi connectivity index (χ1) is 5.90. The zero-order valence-electron chi connectivity index (χ0n) is 7.43. The van der Waals surface area contributed by atoms with Gasteiger partial charge in [0, 0.05) is 12.2 Å². The first kappa shape index (κ1) is 7.59. The summed E-state index contributed by atoms with van der Waals surface area (Å²) in [6.07, 6.45) is 5.41. The lowest BCUT2D eigenvalue weighted by Crippen LogP contribution is -1.92. The van der Waals surface area contributed by atoms with E-state index in [1.165, 1.54) is 23.4 Å². The fraction of sp³-hybridized carbons (Fsp3) is 0.500.